The van der Waals surface area contributed by atoms with Crippen LogP contribution in [0, 0.1) is 5.41 Å². The van der Waals surface area contributed by atoms with Crippen molar-refractivity contribution in [3.05, 3.63) is 0 Å². The summed E-state index contributed by atoms with van der Waals surface area (Å²) in [4.78, 5) is 4.73. The molecule has 1 heterocycles. The first-order chi connectivity index (χ1) is 8.15. The first-order valence-electron chi connectivity index (χ1n) is 6.67. The van der Waals surface area contributed by atoms with Crippen LogP contribution in [-0.4, -0.2) is 35.0 Å². The molecule has 0 aromatic rings. The highest BCUT2D eigenvalue weighted by molar-refractivity contribution is 8.13. The molecule has 0 fully saturated rings. The fraction of sp³-hybridized carbons (Fsp3) is 0.923. The molecule has 0 aromatic heterocycles. The normalized spacial score (nSPS) is 20.8. The van der Waals surface area contributed by atoms with Crippen molar-refractivity contribution in [3.8, 4) is 0 Å². The Bertz CT molecular complexity index is 250. The fourth-order valence-electron chi connectivity index (χ4n) is 1.86. The zero-order valence-electron chi connectivity index (χ0n) is 11.6. The average molecular weight is 274 g/mol. The van der Waals surface area contributed by atoms with Gasteiger partial charge in [0.05, 0.1) is 0 Å². The number of hydrogen-bond acceptors (Lipinski definition) is 4. The molecule has 17 heavy (non-hydrogen) atoms. The predicted octanol–water partition coefficient (Wildman–Crippen LogP) is 3.63. The summed E-state index contributed by atoms with van der Waals surface area (Å²) in [6.45, 7) is 10.0. The molecule has 100 valence electrons. The monoisotopic (exact) mass is 274 g/mol. The number of nitrogens with zero attached hydrogens (tertiary/aromatic N) is 1. The Morgan fingerprint density at radius 3 is 2.59 bits per heavy atom. The van der Waals surface area contributed by atoms with E-state index < -0.39 is 0 Å². The van der Waals surface area contributed by atoms with Crippen LogP contribution in [0.15, 0.2) is 4.99 Å². The van der Waals surface area contributed by atoms with Gasteiger partial charge in [0.15, 0.2) is 5.17 Å². The Labute approximate surface area is 115 Å². The molecule has 0 amide bonds. The Balaban J connectivity index is 2.40. The van der Waals surface area contributed by atoms with Crippen molar-refractivity contribution < 1.29 is 0 Å². The Kier molecular flexibility index (Phi) is 6.78. The molecule has 4 heteroatoms. The highest BCUT2D eigenvalue weighted by Crippen LogP contribution is 2.34. The molecule has 0 bridgehead atoms. The number of nitrogens with one attached hydrogen (secondary N) is 1. The molecule has 0 saturated heterocycles. The molecule has 0 aliphatic carbocycles. The third-order valence-electron chi connectivity index (χ3n) is 3.51. The second kappa shape index (κ2) is 7.57. The zero-order valence-corrected chi connectivity index (χ0v) is 13.2. The number of rotatable bonds is 6. The summed E-state index contributed by atoms with van der Waals surface area (Å²) in [7, 11) is 0. The van der Waals surface area contributed by atoms with E-state index in [-0.39, 0.29) is 0 Å². The second-order valence-corrected chi connectivity index (χ2v) is 7.10. The van der Waals surface area contributed by atoms with E-state index in [0.717, 1.165) is 11.7 Å². The summed E-state index contributed by atoms with van der Waals surface area (Å²) in [6, 6.07) is 0.530. The first kappa shape index (κ1) is 15.2. The van der Waals surface area contributed by atoms with Gasteiger partial charge in [0.2, 0.25) is 0 Å². The predicted molar refractivity (Wildman–Crippen MR) is 83.4 cm³/mol. The van der Waals surface area contributed by atoms with E-state index in [0.29, 0.717) is 11.5 Å². The number of thioether (sulfide) groups is 2. The molecule has 1 aliphatic heterocycles. The molecule has 0 spiro atoms. The lowest BCUT2D eigenvalue weighted by Crippen LogP contribution is -2.38. The highest BCUT2D eigenvalue weighted by atomic mass is 32.2. The van der Waals surface area contributed by atoms with Crippen LogP contribution in [0.25, 0.3) is 0 Å². The zero-order chi connectivity index (χ0) is 12.7. The van der Waals surface area contributed by atoms with Crippen LogP contribution < -0.4 is 5.32 Å². The molecular formula is C13H26N2S2. The maximum absolute atomic E-state index is 4.73. The molecule has 0 aromatic carbocycles. The van der Waals surface area contributed by atoms with Gasteiger partial charge in [-0.1, -0.05) is 32.5 Å². The standard InChI is InChI=1S/C13H26N2S2/c1-5-13(6-2)9-14-12(17-10-13)15-11(4)8-16-7-3/h11H,5-10H2,1-4H3,(H,14,15). The molecule has 0 radical (unpaired) electrons. The van der Waals surface area contributed by atoms with E-state index >= 15 is 0 Å². The second-order valence-electron chi connectivity index (χ2n) is 4.82. The molecular weight excluding hydrogens is 248 g/mol. The van der Waals surface area contributed by atoms with Gasteiger partial charge in [0.25, 0.3) is 0 Å². The lowest BCUT2D eigenvalue weighted by molar-refractivity contribution is 0.318. The number of aliphatic imine (C=N–C) groups is 1. The van der Waals surface area contributed by atoms with E-state index in [9.17, 15) is 0 Å². The van der Waals surface area contributed by atoms with Gasteiger partial charge in [0, 0.05) is 24.1 Å². The molecule has 0 saturated carbocycles. The molecule has 1 unspecified atom stereocenters. The largest absolute Gasteiger partial charge is 0.362 e. The van der Waals surface area contributed by atoms with Crippen LogP contribution >= 0.6 is 23.5 Å². The Morgan fingerprint density at radius 2 is 2.12 bits per heavy atom. The van der Waals surface area contributed by atoms with E-state index in [4.69, 9.17) is 4.99 Å². The molecule has 2 nitrogen and oxygen atoms in total. The molecule has 1 N–H and O–H groups in total. The smallest absolute Gasteiger partial charge is 0.156 e. The highest BCUT2D eigenvalue weighted by Gasteiger charge is 2.30. The van der Waals surface area contributed by atoms with Crippen LogP contribution in [0.3, 0.4) is 0 Å². The van der Waals surface area contributed by atoms with Crippen LogP contribution in [-0.2, 0) is 0 Å². The van der Waals surface area contributed by atoms with Crippen molar-refractivity contribution in [1.82, 2.24) is 5.32 Å². The topological polar surface area (TPSA) is 24.4 Å². The van der Waals surface area contributed by atoms with Crippen LogP contribution in [0.5, 0.6) is 0 Å². The van der Waals surface area contributed by atoms with Gasteiger partial charge < -0.3 is 5.32 Å². The van der Waals surface area contributed by atoms with Crippen molar-refractivity contribution in [2.24, 2.45) is 10.4 Å². The minimum atomic E-state index is 0.456. The van der Waals surface area contributed by atoms with Gasteiger partial charge in [-0.2, -0.15) is 11.8 Å². The third-order valence-corrected chi connectivity index (χ3v) is 5.94. The van der Waals surface area contributed by atoms with Crippen molar-refractivity contribution >= 4 is 28.7 Å². The first-order valence-corrected chi connectivity index (χ1v) is 8.81. The summed E-state index contributed by atoms with van der Waals surface area (Å²) in [5, 5.41) is 4.69. The van der Waals surface area contributed by atoms with Crippen molar-refractivity contribution in [2.75, 3.05) is 23.8 Å². The fourth-order valence-corrected chi connectivity index (χ4v) is 3.92. The summed E-state index contributed by atoms with van der Waals surface area (Å²) in [6.07, 6.45) is 2.49. The van der Waals surface area contributed by atoms with E-state index in [1.54, 1.807) is 0 Å². The van der Waals surface area contributed by atoms with Crippen LogP contribution in [0.1, 0.15) is 40.5 Å². The minimum absolute atomic E-state index is 0.456. The SMILES string of the molecule is CCSCC(C)NC1=NCC(CC)(CC)CS1. The summed E-state index contributed by atoms with van der Waals surface area (Å²) in [5.41, 5.74) is 0.456. The summed E-state index contributed by atoms with van der Waals surface area (Å²) >= 11 is 3.90. The Morgan fingerprint density at radius 1 is 1.41 bits per heavy atom. The van der Waals surface area contributed by atoms with Crippen molar-refractivity contribution in [2.45, 2.75) is 46.6 Å². The maximum Gasteiger partial charge on any atom is 0.156 e. The minimum Gasteiger partial charge on any atom is -0.362 e. The molecule has 1 aliphatic rings. The molecule has 1 atom stereocenters. The van der Waals surface area contributed by atoms with E-state index in [2.05, 4.69) is 33.0 Å². The lowest BCUT2D eigenvalue weighted by Gasteiger charge is -2.34. The third kappa shape index (κ3) is 4.74. The van der Waals surface area contributed by atoms with Crippen LogP contribution in [0.4, 0.5) is 0 Å². The van der Waals surface area contributed by atoms with Gasteiger partial charge >= 0.3 is 0 Å². The van der Waals surface area contributed by atoms with Crippen molar-refractivity contribution in [3.63, 3.8) is 0 Å². The van der Waals surface area contributed by atoms with E-state index in [1.165, 1.54) is 30.1 Å². The van der Waals surface area contributed by atoms with Gasteiger partial charge in [-0.25, -0.2) is 0 Å². The van der Waals surface area contributed by atoms with Crippen LogP contribution in [0.2, 0.25) is 0 Å². The van der Waals surface area contributed by atoms with Crippen molar-refractivity contribution in [1.29, 1.82) is 0 Å². The van der Waals surface area contributed by atoms with Gasteiger partial charge in [-0.3, -0.25) is 4.99 Å². The summed E-state index contributed by atoms with van der Waals surface area (Å²) < 4.78 is 0. The maximum atomic E-state index is 4.73. The van der Waals surface area contributed by atoms with Gasteiger partial charge in [-0.15, -0.1) is 0 Å². The van der Waals surface area contributed by atoms with Gasteiger partial charge in [-0.05, 0) is 30.9 Å². The summed E-state index contributed by atoms with van der Waals surface area (Å²) in [5.74, 6) is 3.59. The quantitative estimate of drug-likeness (QED) is 0.800. The van der Waals surface area contributed by atoms with E-state index in [1.807, 2.05) is 23.5 Å². The number of amidine groups is 1. The lowest BCUT2D eigenvalue weighted by atomic mass is 9.84. The average Bonchev–Trinajstić information content (AvgIpc) is 2.38. The van der Waals surface area contributed by atoms with Gasteiger partial charge in [0.1, 0.15) is 0 Å². The molecule has 1 rings (SSSR count). The number of hydrogen-bond donors (Lipinski definition) is 1. The Hall–Kier alpha value is 0.170.